The average molecular weight is 260 g/mol. The van der Waals surface area contributed by atoms with Gasteiger partial charge >= 0.3 is 0 Å². The standard InChI is InChI=1S/C14H20N4O/c1-4-5-19-13-6-11(7-16-9-13)14(15-2)12-8-17-18(3)10-12/h6-10,14-15H,4-5H2,1-3H3. The summed E-state index contributed by atoms with van der Waals surface area (Å²) < 4.78 is 7.42. The molecule has 0 saturated heterocycles. The van der Waals surface area contributed by atoms with Crippen LogP contribution in [-0.2, 0) is 7.05 Å². The predicted molar refractivity (Wildman–Crippen MR) is 74.1 cm³/mol. The molecule has 2 heterocycles. The summed E-state index contributed by atoms with van der Waals surface area (Å²) in [5.74, 6) is 0.809. The van der Waals surface area contributed by atoms with E-state index >= 15 is 0 Å². The fourth-order valence-electron chi connectivity index (χ4n) is 2.01. The van der Waals surface area contributed by atoms with Crippen molar-refractivity contribution in [2.75, 3.05) is 13.7 Å². The van der Waals surface area contributed by atoms with Gasteiger partial charge in [0.05, 0.1) is 25.0 Å². The first-order valence-corrected chi connectivity index (χ1v) is 6.48. The van der Waals surface area contributed by atoms with Crippen LogP contribution in [0.5, 0.6) is 5.75 Å². The lowest BCUT2D eigenvalue weighted by Crippen LogP contribution is -2.17. The monoisotopic (exact) mass is 260 g/mol. The van der Waals surface area contributed by atoms with Gasteiger partial charge in [0.15, 0.2) is 0 Å². The van der Waals surface area contributed by atoms with Gasteiger partial charge in [0.2, 0.25) is 0 Å². The zero-order valence-corrected chi connectivity index (χ0v) is 11.6. The summed E-state index contributed by atoms with van der Waals surface area (Å²) >= 11 is 0. The van der Waals surface area contributed by atoms with E-state index in [1.807, 2.05) is 38.8 Å². The largest absolute Gasteiger partial charge is 0.492 e. The number of hydrogen-bond acceptors (Lipinski definition) is 4. The smallest absolute Gasteiger partial charge is 0.137 e. The molecule has 0 radical (unpaired) electrons. The molecule has 0 fully saturated rings. The second-order valence-electron chi connectivity index (χ2n) is 4.47. The van der Waals surface area contributed by atoms with E-state index in [1.54, 1.807) is 10.9 Å². The van der Waals surface area contributed by atoms with Crippen molar-refractivity contribution in [1.82, 2.24) is 20.1 Å². The van der Waals surface area contributed by atoms with Gasteiger partial charge in [-0.3, -0.25) is 9.67 Å². The lowest BCUT2D eigenvalue weighted by molar-refractivity contribution is 0.315. The summed E-state index contributed by atoms with van der Waals surface area (Å²) in [5, 5.41) is 7.49. The van der Waals surface area contributed by atoms with E-state index in [1.165, 1.54) is 0 Å². The second kappa shape index (κ2) is 6.33. The minimum absolute atomic E-state index is 0.0753. The third-order valence-corrected chi connectivity index (χ3v) is 2.89. The van der Waals surface area contributed by atoms with Crippen LogP contribution in [0.25, 0.3) is 0 Å². The molecule has 1 N–H and O–H groups in total. The third kappa shape index (κ3) is 3.32. The minimum Gasteiger partial charge on any atom is -0.492 e. The number of nitrogens with one attached hydrogen (secondary N) is 1. The quantitative estimate of drug-likeness (QED) is 0.862. The highest BCUT2D eigenvalue weighted by atomic mass is 16.5. The van der Waals surface area contributed by atoms with Crippen LogP contribution in [0.15, 0.2) is 30.9 Å². The maximum atomic E-state index is 5.62. The maximum absolute atomic E-state index is 5.62. The van der Waals surface area contributed by atoms with E-state index < -0.39 is 0 Å². The predicted octanol–water partition coefficient (Wildman–Crippen LogP) is 1.91. The van der Waals surface area contributed by atoms with Crippen molar-refractivity contribution in [1.29, 1.82) is 0 Å². The van der Waals surface area contributed by atoms with Crippen LogP contribution in [0, 0.1) is 0 Å². The van der Waals surface area contributed by atoms with Crippen LogP contribution in [-0.4, -0.2) is 28.4 Å². The molecule has 1 atom stereocenters. The normalized spacial score (nSPS) is 12.4. The van der Waals surface area contributed by atoms with Crippen molar-refractivity contribution >= 4 is 0 Å². The Balaban J connectivity index is 2.23. The van der Waals surface area contributed by atoms with Crippen LogP contribution in [0.3, 0.4) is 0 Å². The molecule has 0 aliphatic rings. The maximum Gasteiger partial charge on any atom is 0.137 e. The Bertz CT molecular complexity index is 524. The highest BCUT2D eigenvalue weighted by Gasteiger charge is 2.14. The summed E-state index contributed by atoms with van der Waals surface area (Å²) in [6.45, 7) is 2.80. The summed E-state index contributed by atoms with van der Waals surface area (Å²) in [5.41, 5.74) is 2.18. The van der Waals surface area contributed by atoms with E-state index in [2.05, 4.69) is 22.3 Å². The van der Waals surface area contributed by atoms with Crippen LogP contribution in [0.2, 0.25) is 0 Å². The number of aryl methyl sites for hydroxylation is 1. The molecule has 0 aliphatic carbocycles. The minimum atomic E-state index is 0.0753. The van der Waals surface area contributed by atoms with Crippen molar-refractivity contribution in [2.45, 2.75) is 19.4 Å². The van der Waals surface area contributed by atoms with E-state index in [4.69, 9.17) is 4.74 Å². The first-order valence-electron chi connectivity index (χ1n) is 6.48. The van der Waals surface area contributed by atoms with Crippen molar-refractivity contribution in [3.63, 3.8) is 0 Å². The van der Waals surface area contributed by atoms with Crippen molar-refractivity contribution in [3.05, 3.63) is 42.0 Å². The molecule has 2 aromatic heterocycles. The van der Waals surface area contributed by atoms with Crippen molar-refractivity contribution in [3.8, 4) is 5.75 Å². The number of rotatable bonds is 6. The Kier molecular flexibility index (Phi) is 4.52. The van der Waals surface area contributed by atoms with Crippen molar-refractivity contribution in [2.24, 2.45) is 7.05 Å². The Morgan fingerprint density at radius 3 is 2.79 bits per heavy atom. The second-order valence-corrected chi connectivity index (χ2v) is 4.47. The molecule has 0 spiro atoms. The SMILES string of the molecule is CCCOc1cncc(C(NC)c2cnn(C)c2)c1. The van der Waals surface area contributed by atoms with Crippen LogP contribution in [0.1, 0.15) is 30.5 Å². The molecule has 0 bridgehead atoms. The van der Waals surface area contributed by atoms with Gasteiger partial charge in [-0.15, -0.1) is 0 Å². The van der Waals surface area contributed by atoms with Gasteiger partial charge in [0.1, 0.15) is 5.75 Å². The number of aromatic nitrogens is 3. The fraction of sp³-hybridized carbons (Fsp3) is 0.429. The Labute approximate surface area is 113 Å². The molecular formula is C14H20N4O. The molecule has 0 amide bonds. The number of ether oxygens (including phenoxy) is 1. The number of nitrogens with zero attached hydrogens (tertiary/aromatic N) is 3. The molecule has 5 heteroatoms. The summed E-state index contributed by atoms with van der Waals surface area (Å²) in [6, 6.07) is 2.10. The summed E-state index contributed by atoms with van der Waals surface area (Å²) in [4.78, 5) is 4.25. The van der Waals surface area contributed by atoms with Crippen LogP contribution in [0.4, 0.5) is 0 Å². The highest BCUT2D eigenvalue weighted by Crippen LogP contribution is 2.23. The van der Waals surface area contributed by atoms with Gasteiger partial charge in [-0.25, -0.2) is 0 Å². The van der Waals surface area contributed by atoms with Crippen molar-refractivity contribution < 1.29 is 4.74 Å². The highest BCUT2D eigenvalue weighted by molar-refractivity contribution is 5.32. The Hall–Kier alpha value is -1.88. The topological polar surface area (TPSA) is 52.0 Å². The molecule has 0 saturated carbocycles. The van der Waals surface area contributed by atoms with Gasteiger partial charge in [0.25, 0.3) is 0 Å². The van der Waals surface area contributed by atoms with Gasteiger partial charge in [-0.1, -0.05) is 6.92 Å². The van der Waals surface area contributed by atoms with E-state index in [-0.39, 0.29) is 6.04 Å². The van der Waals surface area contributed by atoms with Gasteiger partial charge < -0.3 is 10.1 Å². The lowest BCUT2D eigenvalue weighted by Gasteiger charge is -2.15. The van der Waals surface area contributed by atoms with E-state index in [0.29, 0.717) is 6.61 Å². The van der Waals surface area contributed by atoms with Crippen LogP contribution >= 0.6 is 0 Å². The average Bonchev–Trinajstić information content (AvgIpc) is 2.84. The van der Waals surface area contributed by atoms with E-state index in [0.717, 1.165) is 23.3 Å². The summed E-state index contributed by atoms with van der Waals surface area (Å²) in [6.07, 6.45) is 8.45. The number of hydrogen-bond donors (Lipinski definition) is 1. The third-order valence-electron chi connectivity index (χ3n) is 2.89. The first kappa shape index (κ1) is 13.5. The molecule has 0 aromatic carbocycles. The molecule has 1 unspecified atom stereocenters. The zero-order valence-electron chi connectivity index (χ0n) is 11.6. The molecule has 2 aromatic rings. The van der Waals surface area contributed by atoms with Crippen LogP contribution < -0.4 is 10.1 Å². The number of pyridine rings is 1. The van der Waals surface area contributed by atoms with Gasteiger partial charge in [-0.2, -0.15) is 5.10 Å². The molecule has 5 nitrogen and oxygen atoms in total. The molecular weight excluding hydrogens is 240 g/mol. The molecule has 102 valence electrons. The van der Waals surface area contributed by atoms with E-state index in [9.17, 15) is 0 Å². The molecule has 2 rings (SSSR count). The Morgan fingerprint density at radius 2 is 2.16 bits per heavy atom. The van der Waals surface area contributed by atoms with Gasteiger partial charge in [0, 0.05) is 25.0 Å². The lowest BCUT2D eigenvalue weighted by atomic mass is 10.0. The molecule has 19 heavy (non-hydrogen) atoms. The Morgan fingerprint density at radius 1 is 1.32 bits per heavy atom. The first-order chi connectivity index (χ1) is 9.24. The zero-order chi connectivity index (χ0) is 13.7. The van der Waals surface area contributed by atoms with Gasteiger partial charge in [-0.05, 0) is 25.1 Å². The fourth-order valence-corrected chi connectivity index (χ4v) is 2.01. The molecule has 0 aliphatic heterocycles. The summed E-state index contributed by atoms with van der Waals surface area (Å²) in [7, 11) is 3.84.